The van der Waals surface area contributed by atoms with Gasteiger partial charge in [0.25, 0.3) is 0 Å². The second-order valence-corrected chi connectivity index (χ2v) is 9.76. The van der Waals surface area contributed by atoms with Crippen molar-refractivity contribution < 1.29 is 23.4 Å². The molecular formula is C30H29FN6O4. The average Bonchev–Trinajstić information content (AvgIpc) is 3.57. The summed E-state index contributed by atoms with van der Waals surface area (Å²) in [4.78, 5) is 21.5. The predicted octanol–water partition coefficient (Wildman–Crippen LogP) is 5.01. The van der Waals surface area contributed by atoms with Gasteiger partial charge in [-0.1, -0.05) is 6.07 Å². The Bertz CT molecular complexity index is 1690. The number of hydrogen-bond acceptors (Lipinski definition) is 8. The number of carbonyl (C=O) groups is 1. The number of carbonyl (C=O) groups excluding carboxylic acids is 1. The van der Waals surface area contributed by atoms with Crippen LogP contribution in [0.5, 0.6) is 5.88 Å². The summed E-state index contributed by atoms with van der Waals surface area (Å²) in [6, 6.07) is 12.6. The van der Waals surface area contributed by atoms with Gasteiger partial charge < -0.3 is 18.8 Å². The number of pyridine rings is 1. The van der Waals surface area contributed by atoms with Gasteiger partial charge in [-0.05, 0) is 56.2 Å². The molecule has 0 bridgehead atoms. The number of rotatable bonds is 10. The molecule has 0 spiro atoms. The van der Waals surface area contributed by atoms with Crippen LogP contribution in [-0.4, -0.2) is 56.7 Å². The number of allylic oxidation sites excluding steroid dienone is 3. The second kappa shape index (κ2) is 12.1. The summed E-state index contributed by atoms with van der Waals surface area (Å²) in [7, 11) is 1.36. The van der Waals surface area contributed by atoms with Crippen LogP contribution in [0.4, 0.5) is 4.39 Å². The second-order valence-electron chi connectivity index (χ2n) is 9.76. The van der Waals surface area contributed by atoms with Crippen LogP contribution >= 0.6 is 0 Å². The number of nitriles is 1. The lowest BCUT2D eigenvalue weighted by atomic mass is 10.1. The highest BCUT2D eigenvalue weighted by Gasteiger charge is 2.23. The van der Waals surface area contributed by atoms with Crippen molar-refractivity contribution in [3.05, 3.63) is 83.2 Å². The van der Waals surface area contributed by atoms with Crippen molar-refractivity contribution in [2.75, 3.05) is 20.3 Å². The van der Waals surface area contributed by atoms with Gasteiger partial charge >= 0.3 is 5.97 Å². The van der Waals surface area contributed by atoms with Crippen LogP contribution in [-0.2, 0) is 22.6 Å². The zero-order chi connectivity index (χ0) is 28.9. The average molecular weight is 557 g/mol. The van der Waals surface area contributed by atoms with Crippen molar-refractivity contribution >= 4 is 17.0 Å². The van der Waals surface area contributed by atoms with Crippen molar-refractivity contribution in [3.8, 4) is 23.2 Å². The van der Waals surface area contributed by atoms with Gasteiger partial charge in [0.1, 0.15) is 18.3 Å². The van der Waals surface area contributed by atoms with Crippen LogP contribution in [0.25, 0.3) is 22.3 Å². The Morgan fingerprint density at radius 1 is 1.27 bits per heavy atom. The quantitative estimate of drug-likeness (QED) is 0.152. The zero-order valence-corrected chi connectivity index (χ0v) is 23.0. The number of aromatic nitrogens is 5. The van der Waals surface area contributed by atoms with Gasteiger partial charge in [0.05, 0.1) is 60.9 Å². The number of esters is 1. The van der Waals surface area contributed by atoms with E-state index in [0.29, 0.717) is 35.8 Å². The minimum Gasteiger partial charge on any atom is -0.473 e. The fraction of sp³-hybridized carbons (Fsp3) is 0.300. The highest BCUT2D eigenvalue weighted by Crippen LogP contribution is 2.24. The molecule has 0 N–H and O–H groups in total. The topological polar surface area (TPSA) is 117 Å². The fourth-order valence-electron chi connectivity index (χ4n) is 4.35. The summed E-state index contributed by atoms with van der Waals surface area (Å²) < 4.78 is 34.3. The van der Waals surface area contributed by atoms with Gasteiger partial charge in [0.15, 0.2) is 0 Å². The van der Waals surface area contributed by atoms with Gasteiger partial charge in [-0.3, -0.25) is 4.68 Å². The Kier molecular flexibility index (Phi) is 8.21. The molecule has 0 saturated carbocycles. The van der Waals surface area contributed by atoms with E-state index in [0.717, 1.165) is 35.4 Å². The summed E-state index contributed by atoms with van der Waals surface area (Å²) >= 11 is 0. The highest BCUT2D eigenvalue weighted by atomic mass is 19.1. The molecule has 1 aromatic carbocycles. The third-order valence-corrected chi connectivity index (χ3v) is 6.75. The molecule has 4 aromatic rings. The Balaban J connectivity index is 1.35. The van der Waals surface area contributed by atoms with E-state index in [-0.39, 0.29) is 18.3 Å². The van der Waals surface area contributed by atoms with Gasteiger partial charge in [-0.15, -0.1) is 0 Å². The van der Waals surface area contributed by atoms with Crippen LogP contribution in [0.3, 0.4) is 0 Å². The highest BCUT2D eigenvalue weighted by molar-refractivity contribution is 5.93. The van der Waals surface area contributed by atoms with Crippen molar-refractivity contribution in [2.24, 2.45) is 0 Å². The first-order valence-electron chi connectivity index (χ1n) is 13.1. The maximum atomic E-state index is 14.2. The van der Waals surface area contributed by atoms with Gasteiger partial charge in [-0.25, -0.2) is 19.2 Å². The van der Waals surface area contributed by atoms with E-state index >= 15 is 0 Å². The SMILES string of the molecule is COC(=O)c1ccc2nc(Cn3cc(-c4cccc(OC/C(C)=C(F)/C=C(\C)C#N)n4)cn3)n(CC3CCO3)c2c1. The Morgan fingerprint density at radius 2 is 2.10 bits per heavy atom. The number of imidazole rings is 1. The number of methoxy groups -OCH3 is 1. The zero-order valence-electron chi connectivity index (χ0n) is 23.0. The predicted molar refractivity (Wildman–Crippen MR) is 149 cm³/mol. The molecule has 1 fully saturated rings. The molecule has 41 heavy (non-hydrogen) atoms. The molecular weight excluding hydrogens is 527 g/mol. The first-order valence-corrected chi connectivity index (χ1v) is 13.1. The summed E-state index contributed by atoms with van der Waals surface area (Å²) in [5, 5.41) is 13.4. The Morgan fingerprint density at radius 3 is 2.83 bits per heavy atom. The van der Waals surface area contributed by atoms with E-state index in [1.165, 1.54) is 20.1 Å². The minimum atomic E-state index is -0.502. The van der Waals surface area contributed by atoms with Crippen LogP contribution in [0.1, 0.15) is 36.5 Å². The number of ether oxygens (including phenoxy) is 3. The van der Waals surface area contributed by atoms with Crippen molar-refractivity contribution in [2.45, 2.75) is 39.5 Å². The standard InChI is InChI=1S/C30H29FN6O4/c1-19(13-32)11-24(31)20(2)18-41-29-6-4-5-25(35-29)22-14-33-36(15-22)17-28-34-26-8-7-21(30(38)39-3)12-27(26)37(28)16-23-9-10-40-23/h4-8,11-12,14-15,23H,9-10,16-18H2,1-3H3/b19-11+,24-20-. The lowest BCUT2D eigenvalue weighted by Crippen LogP contribution is -2.32. The molecule has 1 aliphatic heterocycles. The van der Waals surface area contributed by atoms with Crippen molar-refractivity contribution in [3.63, 3.8) is 0 Å². The summed E-state index contributed by atoms with van der Waals surface area (Å²) in [5.41, 5.74) is 4.11. The summed E-state index contributed by atoms with van der Waals surface area (Å²) in [6.45, 7) is 4.88. The molecule has 4 heterocycles. The van der Waals surface area contributed by atoms with Crippen LogP contribution in [0.2, 0.25) is 0 Å². The van der Waals surface area contributed by atoms with E-state index in [1.54, 1.807) is 42.1 Å². The van der Waals surface area contributed by atoms with E-state index < -0.39 is 11.8 Å². The van der Waals surface area contributed by atoms with E-state index in [4.69, 9.17) is 24.5 Å². The van der Waals surface area contributed by atoms with Crippen LogP contribution in [0, 0.1) is 11.3 Å². The number of fused-ring (bicyclic) bond motifs is 1. The first-order chi connectivity index (χ1) is 19.8. The van der Waals surface area contributed by atoms with E-state index in [1.807, 2.05) is 24.4 Å². The molecule has 1 saturated heterocycles. The summed E-state index contributed by atoms with van der Waals surface area (Å²) in [6.07, 6.45) is 5.82. The smallest absolute Gasteiger partial charge is 0.337 e. The minimum absolute atomic E-state index is 0.00459. The van der Waals surface area contributed by atoms with Crippen LogP contribution in [0.15, 0.2) is 71.8 Å². The number of hydrogen-bond donors (Lipinski definition) is 0. The third kappa shape index (κ3) is 6.34. The fourth-order valence-corrected chi connectivity index (χ4v) is 4.35. The van der Waals surface area contributed by atoms with Crippen molar-refractivity contribution in [1.82, 2.24) is 24.3 Å². The molecule has 0 amide bonds. The molecule has 1 aliphatic rings. The molecule has 11 heteroatoms. The largest absolute Gasteiger partial charge is 0.473 e. The van der Waals surface area contributed by atoms with E-state index in [2.05, 4.69) is 14.6 Å². The summed E-state index contributed by atoms with van der Waals surface area (Å²) in [5.74, 6) is 0.214. The van der Waals surface area contributed by atoms with Gasteiger partial charge in [0, 0.05) is 30.0 Å². The lowest BCUT2D eigenvalue weighted by molar-refractivity contribution is -0.0590. The maximum Gasteiger partial charge on any atom is 0.337 e. The van der Waals surface area contributed by atoms with E-state index in [9.17, 15) is 9.18 Å². The molecule has 210 valence electrons. The van der Waals surface area contributed by atoms with Crippen molar-refractivity contribution in [1.29, 1.82) is 5.26 Å². The molecule has 1 atom stereocenters. The molecule has 3 aromatic heterocycles. The molecule has 10 nitrogen and oxygen atoms in total. The normalized spacial score (nSPS) is 15.7. The molecule has 0 aliphatic carbocycles. The van der Waals surface area contributed by atoms with Crippen LogP contribution < -0.4 is 4.74 Å². The molecule has 1 unspecified atom stereocenters. The third-order valence-electron chi connectivity index (χ3n) is 6.75. The number of halogens is 1. The van der Waals surface area contributed by atoms with Gasteiger partial charge in [0.2, 0.25) is 5.88 Å². The lowest BCUT2D eigenvalue weighted by Gasteiger charge is -2.27. The number of benzene rings is 1. The first kappa shape index (κ1) is 27.7. The number of nitrogens with zero attached hydrogens (tertiary/aromatic N) is 6. The monoisotopic (exact) mass is 556 g/mol. The Hall–Kier alpha value is -4.82. The van der Waals surface area contributed by atoms with Gasteiger partial charge in [-0.2, -0.15) is 10.4 Å². The Labute approximate surface area is 236 Å². The molecule has 5 rings (SSSR count). The molecule has 0 radical (unpaired) electrons. The maximum absolute atomic E-state index is 14.2.